The molecule has 0 spiro atoms. The molecule has 0 radical (unpaired) electrons. The zero-order chi connectivity index (χ0) is 16.0. The third-order valence-electron chi connectivity index (χ3n) is 3.66. The van der Waals surface area contributed by atoms with Crippen molar-refractivity contribution in [2.24, 2.45) is 5.92 Å². The number of aliphatic carboxylic acids is 1. The molecule has 1 heterocycles. The van der Waals surface area contributed by atoms with Gasteiger partial charge in [0.2, 0.25) is 0 Å². The van der Waals surface area contributed by atoms with E-state index in [1.54, 1.807) is 4.90 Å². The van der Waals surface area contributed by atoms with Gasteiger partial charge >= 0.3 is 18.0 Å². The van der Waals surface area contributed by atoms with E-state index in [0.29, 0.717) is 19.5 Å². The number of carboxylic acid groups (broad SMARTS) is 1. The molecule has 21 heavy (non-hydrogen) atoms. The zero-order valence-electron chi connectivity index (χ0n) is 12.9. The minimum Gasteiger partial charge on any atom is -0.481 e. The number of piperidine rings is 1. The van der Waals surface area contributed by atoms with Gasteiger partial charge in [0.1, 0.15) is 0 Å². The Bertz CT molecular complexity index is 397. The molecule has 1 fully saturated rings. The summed E-state index contributed by atoms with van der Waals surface area (Å²) in [5.74, 6) is -1.52. The van der Waals surface area contributed by atoms with Gasteiger partial charge in [-0.1, -0.05) is 0 Å². The van der Waals surface area contributed by atoms with Crippen molar-refractivity contribution in [2.75, 3.05) is 26.7 Å². The van der Waals surface area contributed by atoms with Crippen LogP contribution in [0.25, 0.3) is 0 Å². The van der Waals surface area contributed by atoms with E-state index in [1.807, 2.05) is 13.8 Å². The van der Waals surface area contributed by atoms with Gasteiger partial charge in [-0.2, -0.15) is 0 Å². The number of carbonyl (C=O) groups is 3. The maximum atomic E-state index is 12.5. The molecule has 7 heteroatoms. The lowest BCUT2D eigenvalue weighted by molar-refractivity contribution is -0.146. The Balaban J connectivity index is 2.69. The van der Waals surface area contributed by atoms with Crippen LogP contribution in [0.4, 0.5) is 4.79 Å². The number of likely N-dealkylation sites (tertiary alicyclic amines) is 1. The molecule has 1 rings (SSSR count). The molecule has 0 bridgehead atoms. The second-order valence-corrected chi connectivity index (χ2v) is 5.52. The quantitative estimate of drug-likeness (QED) is 0.770. The molecule has 7 nitrogen and oxygen atoms in total. The largest absolute Gasteiger partial charge is 0.481 e. The molecule has 0 aromatic heterocycles. The van der Waals surface area contributed by atoms with Crippen molar-refractivity contribution in [2.45, 2.75) is 39.2 Å². The molecule has 1 aliphatic heterocycles. The van der Waals surface area contributed by atoms with Gasteiger partial charge in [-0.3, -0.25) is 9.59 Å². The number of ether oxygens (including phenoxy) is 1. The van der Waals surface area contributed by atoms with Crippen LogP contribution in [0.2, 0.25) is 0 Å². The van der Waals surface area contributed by atoms with Gasteiger partial charge in [-0.25, -0.2) is 4.79 Å². The van der Waals surface area contributed by atoms with E-state index in [9.17, 15) is 14.4 Å². The molecule has 0 saturated carbocycles. The molecule has 2 amide bonds. The van der Waals surface area contributed by atoms with E-state index < -0.39 is 5.97 Å². The van der Waals surface area contributed by atoms with Crippen LogP contribution in [-0.2, 0) is 14.3 Å². The van der Waals surface area contributed by atoms with Crippen molar-refractivity contribution in [1.82, 2.24) is 9.80 Å². The topological polar surface area (TPSA) is 87.2 Å². The average molecular weight is 300 g/mol. The van der Waals surface area contributed by atoms with Gasteiger partial charge in [0, 0.05) is 25.7 Å². The summed E-state index contributed by atoms with van der Waals surface area (Å²) < 4.78 is 4.74. The number of esters is 1. The van der Waals surface area contributed by atoms with E-state index in [2.05, 4.69) is 0 Å². The van der Waals surface area contributed by atoms with Crippen LogP contribution in [0.3, 0.4) is 0 Å². The highest BCUT2D eigenvalue weighted by Gasteiger charge is 2.32. The minimum absolute atomic E-state index is 0.0851. The number of hydrogen-bond donors (Lipinski definition) is 1. The van der Waals surface area contributed by atoms with Crippen LogP contribution in [0.15, 0.2) is 0 Å². The summed E-state index contributed by atoms with van der Waals surface area (Å²) in [4.78, 5) is 38.0. The second kappa shape index (κ2) is 7.85. The van der Waals surface area contributed by atoms with Crippen LogP contribution in [0, 0.1) is 5.92 Å². The molecule has 1 atom stereocenters. The van der Waals surface area contributed by atoms with E-state index in [4.69, 9.17) is 9.84 Å². The van der Waals surface area contributed by atoms with Crippen molar-refractivity contribution in [1.29, 1.82) is 0 Å². The predicted octanol–water partition coefficient (Wildman–Crippen LogP) is 1.18. The van der Waals surface area contributed by atoms with Gasteiger partial charge in [0.25, 0.3) is 0 Å². The smallest absolute Gasteiger partial charge is 0.320 e. The summed E-state index contributed by atoms with van der Waals surface area (Å²) in [6.45, 7) is 4.79. The molecule has 0 aliphatic carbocycles. The number of amides is 2. The first-order valence-electron chi connectivity index (χ1n) is 7.22. The fraction of sp³-hybridized carbons (Fsp3) is 0.786. The van der Waals surface area contributed by atoms with Crippen LogP contribution < -0.4 is 0 Å². The molecule has 0 aromatic carbocycles. The van der Waals surface area contributed by atoms with Gasteiger partial charge in [0.15, 0.2) is 0 Å². The first kappa shape index (κ1) is 17.3. The number of methoxy groups -OCH3 is 1. The molecule has 120 valence electrons. The Labute approximate surface area is 124 Å². The normalized spacial score (nSPS) is 18.5. The van der Waals surface area contributed by atoms with E-state index in [0.717, 1.165) is 6.42 Å². The molecule has 1 unspecified atom stereocenters. The Morgan fingerprint density at radius 3 is 2.57 bits per heavy atom. The van der Waals surface area contributed by atoms with Crippen LogP contribution in [-0.4, -0.2) is 65.7 Å². The Morgan fingerprint density at radius 2 is 2.05 bits per heavy atom. The Kier molecular flexibility index (Phi) is 6.45. The highest BCUT2D eigenvalue weighted by molar-refractivity contribution is 5.78. The fourth-order valence-corrected chi connectivity index (χ4v) is 2.48. The van der Waals surface area contributed by atoms with Crippen molar-refractivity contribution >= 4 is 18.0 Å². The predicted molar refractivity (Wildman–Crippen MR) is 75.8 cm³/mol. The monoisotopic (exact) mass is 300 g/mol. The van der Waals surface area contributed by atoms with Crippen molar-refractivity contribution in [3.63, 3.8) is 0 Å². The van der Waals surface area contributed by atoms with Crippen LogP contribution in [0.1, 0.15) is 33.1 Å². The Hall–Kier alpha value is -1.79. The van der Waals surface area contributed by atoms with Crippen molar-refractivity contribution in [3.8, 4) is 0 Å². The first-order chi connectivity index (χ1) is 9.86. The molecule has 1 N–H and O–H groups in total. The molecular formula is C14H24N2O5. The summed E-state index contributed by atoms with van der Waals surface area (Å²) in [7, 11) is 1.34. The minimum atomic E-state index is -0.931. The zero-order valence-corrected chi connectivity index (χ0v) is 12.9. The molecule has 1 saturated heterocycles. The fourth-order valence-electron chi connectivity index (χ4n) is 2.48. The lowest BCUT2D eigenvalue weighted by Crippen LogP contribution is -2.51. The third kappa shape index (κ3) is 4.91. The number of urea groups is 1. The van der Waals surface area contributed by atoms with Gasteiger partial charge in [-0.05, 0) is 26.7 Å². The maximum absolute atomic E-state index is 12.5. The summed E-state index contributed by atoms with van der Waals surface area (Å²) in [6.07, 6.45) is 1.38. The second-order valence-electron chi connectivity index (χ2n) is 5.52. The summed E-state index contributed by atoms with van der Waals surface area (Å²) in [5.41, 5.74) is 0. The number of hydrogen-bond acceptors (Lipinski definition) is 4. The number of nitrogens with zero attached hydrogens (tertiary/aromatic N) is 2. The number of rotatable bonds is 5. The lowest BCUT2D eigenvalue weighted by atomic mass is 9.98. The van der Waals surface area contributed by atoms with Crippen molar-refractivity contribution in [3.05, 3.63) is 0 Å². The van der Waals surface area contributed by atoms with Crippen LogP contribution >= 0.6 is 0 Å². The van der Waals surface area contributed by atoms with E-state index >= 15 is 0 Å². The third-order valence-corrected chi connectivity index (χ3v) is 3.66. The van der Waals surface area contributed by atoms with Gasteiger partial charge < -0.3 is 19.6 Å². The maximum Gasteiger partial charge on any atom is 0.320 e. The van der Waals surface area contributed by atoms with E-state index in [1.165, 1.54) is 12.0 Å². The van der Waals surface area contributed by atoms with Crippen LogP contribution in [0.5, 0.6) is 0 Å². The SMILES string of the molecule is COC(=O)C1CCCN(C(=O)N(CCC(=O)O)C(C)C)C1. The summed E-state index contributed by atoms with van der Waals surface area (Å²) >= 11 is 0. The van der Waals surface area contributed by atoms with Crippen molar-refractivity contribution < 1.29 is 24.2 Å². The average Bonchev–Trinajstić information content (AvgIpc) is 2.45. The van der Waals surface area contributed by atoms with E-state index in [-0.39, 0.29) is 36.9 Å². The standard InChI is InChI=1S/C14H24N2O5/c1-10(2)16(8-6-12(17)18)14(20)15-7-4-5-11(9-15)13(19)21-3/h10-11H,4-9H2,1-3H3,(H,17,18). The highest BCUT2D eigenvalue weighted by atomic mass is 16.5. The Morgan fingerprint density at radius 1 is 1.38 bits per heavy atom. The number of carbonyl (C=O) groups excluding carboxylic acids is 2. The molecular weight excluding hydrogens is 276 g/mol. The number of carboxylic acids is 1. The lowest BCUT2D eigenvalue weighted by Gasteiger charge is -2.37. The highest BCUT2D eigenvalue weighted by Crippen LogP contribution is 2.19. The van der Waals surface area contributed by atoms with Gasteiger partial charge in [-0.15, -0.1) is 0 Å². The van der Waals surface area contributed by atoms with Gasteiger partial charge in [0.05, 0.1) is 19.4 Å². The molecule has 0 aromatic rings. The summed E-state index contributed by atoms with van der Waals surface area (Å²) in [6, 6.07) is -0.296. The first-order valence-corrected chi connectivity index (χ1v) is 7.22. The molecule has 1 aliphatic rings. The summed E-state index contributed by atoms with van der Waals surface area (Å²) in [5, 5.41) is 8.77.